The zero-order chi connectivity index (χ0) is 25.1. The maximum atomic E-state index is 14.2. The number of H-pyrrole nitrogens is 1. The van der Waals surface area contributed by atoms with Gasteiger partial charge in [0.25, 0.3) is 5.91 Å². The summed E-state index contributed by atoms with van der Waals surface area (Å²) in [6.07, 6.45) is 5.61. The van der Waals surface area contributed by atoms with Gasteiger partial charge in [-0.1, -0.05) is 29.7 Å². The van der Waals surface area contributed by atoms with E-state index >= 15 is 0 Å². The Balaban J connectivity index is 1.66. The maximum Gasteiger partial charge on any atom is 0.328 e. The zero-order valence-corrected chi connectivity index (χ0v) is 20.1. The minimum atomic E-state index is -1.18. The first-order valence-electron chi connectivity index (χ1n) is 11.2. The second-order valence-electron chi connectivity index (χ2n) is 9.33. The van der Waals surface area contributed by atoms with Gasteiger partial charge in [-0.2, -0.15) is 0 Å². The molecule has 7 nitrogen and oxygen atoms in total. The fourth-order valence-electron chi connectivity index (χ4n) is 5.25. The minimum Gasteiger partial charge on any atom is -0.508 e. The van der Waals surface area contributed by atoms with Crippen LogP contribution in [0.2, 0.25) is 5.02 Å². The summed E-state index contributed by atoms with van der Waals surface area (Å²) >= 11 is 6.10. The van der Waals surface area contributed by atoms with E-state index in [1.165, 1.54) is 17.0 Å². The van der Waals surface area contributed by atoms with Crippen molar-refractivity contribution in [3.8, 4) is 18.1 Å². The lowest BCUT2D eigenvalue weighted by atomic mass is 9.81. The molecule has 0 bridgehead atoms. The summed E-state index contributed by atoms with van der Waals surface area (Å²) < 4.78 is 14.2. The standard InChI is InChI=1S/C26H24ClFN4O3/c1-4-8-30(3)9-10-31-24(34)26(2)14-18-17-12-19(27)20(28)13-21(17)29-22(18)23(32(26)25(31)35)15-6-5-7-16(33)11-15/h1,5-7,11-13,23,29,33H,8-10,14H2,2-3H3/t23-,26+/m1/s1. The van der Waals surface area contributed by atoms with Gasteiger partial charge < -0.3 is 10.1 Å². The van der Waals surface area contributed by atoms with Gasteiger partial charge in [0.05, 0.1) is 11.6 Å². The number of terminal acetylenes is 1. The number of phenolic OH excluding ortho intramolecular Hbond substituents is 1. The molecule has 2 aliphatic heterocycles. The Kier molecular flexibility index (Phi) is 5.50. The molecule has 1 saturated heterocycles. The van der Waals surface area contributed by atoms with Crippen LogP contribution in [-0.2, 0) is 11.2 Å². The van der Waals surface area contributed by atoms with E-state index in [2.05, 4.69) is 10.9 Å². The zero-order valence-electron chi connectivity index (χ0n) is 19.3. The van der Waals surface area contributed by atoms with Crippen LogP contribution in [0.25, 0.3) is 10.9 Å². The summed E-state index contributed by atoms with van der Waals surface area (Å²) in [6.45, 7) is 2.78. The van der Waals surface area contributed by atoms with Crippen molar-refractivity contribution in [2.24, 2.45) is 0 Å². The number of imide groups is 1. The number of nitrogens with zero attached hydrogens (tertiary/aromatic N) is 3. The van der Waals surface area contributed by atoms with E-state index < -0.39 is 23.4 Å². The number of carbonyl (C=O) groups excluding carboxylic acids is 2. The molecule has 3 aromatic rings. The second kappa shape index (κ2) is 8.29. The summed E-state index contributed by atoms with van der Waals surface area (Å²) in [5.41, 5.74) is 1.43. The van der Waals surface area contributed by atoms with E-state index in [9.17, 15) is 19.1 Å². The van der Waals surface area contributed by atoms with Crippen LogP contribution in [0.15, 0.2) is 36.4 Å². The highest BCUT2D eigenvalue weighted by Crippen LogP contribution is 2.49. The highest BCUT2D eigenvalue weighted by Gasteiger charge is 2.60. The molecule has 9 heteroatoms. The summed E-state index contributed by atoms with van der Waals surface area (Å²) in [5.74, 6) is 1.71. The number of benzene rings is 2. The van der Waals surface area contributed by atoms with Crippen LogP contribution in [0.5, 0.6) is 5.75 Å². The first-order chi connectivity index (χ1) is 16.7. The number of hydrogen-bond acceptors (Lipinski definition) is 4. The number of hydrogen-bond donors (Lipinski definition) is 2. The lowest BCUT2D eigenvalue weighted by Gasteiger charge is -2.42. The molecule has 1 aromatic heterocycles. The lowest BCUT2D eigenvalue weighted by Crippen LogP contribution is -2.53. The first kappa shape index (κ1) is 23.2. The average Bonchev–Trinajstić information content (AvgIpc) is 3.23. The number of likely N-dealkylation sites (N-methyl/N-ethyl adjacent to an activating group) is 1. The van der Waals surface area contributed by atoms with Crippen LogP contribution in [0.3, 0.4) is 0 Å². The molecule has 0 saturated carbocycles. The van der Waals surface area contributed by atoms with Crippen molar-refractivity contribution in [1.29, 1.82) is 0 Å². The summed E-state index contributed by atoms with van der Waals surface area (Å²) in [6, 6.07) is 8.33. The van der Waals surface area contributed by atoms with E-state index in [0.29, 0.717) is 35.2 Å². The fourth-order valence-corrected chi connectivity index (χ4v) is 5.42. The number of amides is 3. The maximum absolute atomic E-state index is 14.2. The molecule has 1 fully saturated rings. The van der Waals surface area contributed by atoms with E-state index in [4.69, 9.17) is 18.0 Å². The molecular formula is C26H24ClFN4O3. The van der Waals surface area contributed by atoms with Crippen molar-refractivity contribution in [1.82, 2.24) is 19.7 Å². The molecule has 0 unspecified atom stereocenters. The van der Waals surface area contributed by atoms with Crippen LogP contribution in [0.1, 0.15) is 29.8 Å². The number of carbonyl (C=O) groups is 2. The normalized spacial score (nSPS) is 21.5. The van der Waals surface area contributed by atoms with Gasteiger partial charge in [0.15, 0.2) is 0 Å². The van der Waals surface area contributed by atoms with Crippen molar-refractivity contribution in [2.75, 3.05) is 26.7 Å². The van der Waals surface area contributed by atoms with Crippen LogP contribution in [-0.4, -0.2) is 68.9 Å². The Morgan fingerprint density at radius 3 is 2.83 bits per heavy atom. The molecule has 0 aliphatic carbocycles. The molecule has 0 spiro atoms. The third-order valence-corrected chi connectivity index (χ3v) is 7.25. The third-order valence-electron chi connectivity index (χ3n) is 6.96. The van der Waals surface area contributed by atoms with Gasteiger partial charge in [0, 0.05) is 36.1 Å². The van der Waals surface area contributed by atoms with E-state index in [-0.39, 0.29) is 29.6 Å². The number of urea groups is 1. The smallest absolute Gasteiger partial charge is 0.328 e. The number of aromatic amines is 1. The molecule has 3 amide bonds. The fraction of sp³-hybridized carbons (Fsp3) is 0.308. The predicted octanol–water partition coefficient (Wildman–Crippen LogP) is 3.90. The molecule has 180 valence electrons. The molecule has 2 aliphatic rings. The minimum absolute atomic E-state index is 0.0206. The van der Waals surface area contributed by atoms with Gasteiger partial charge in [0.2, 0.25) is 0 Å². The van der Waals surface area contributed by atoms with Gasteiger partial charge >= 0.3 is 6.03 Å². The van der Waals surface area contributed by atoms with Crippen molar-refractivity contribution in [3.63, 3.8) is 0 Å². The molecule has 0 radical (unpaired) electrons. The van der Waals surface area contributed by atoms with E-state index in [1.54, 1.807) is 36.1 Å². The van der Waals surface area contributed by atoms with Gasteiger partial charge in [-0.3, -0.25) is 19.5 Å². The third kappa shape index (κ3) is 3.54. The number of fused-ring (bicyclic) bond motifs is 4. The summed E-state index contributed by atoms with van der Waals surface area (Å²) in [4.78, 5) is 35.4. The van der Waals surface area contributed by atoms with Gasteiger partial charge in [-0.05, 0) is 49.4 Å². The average molecular weight is 495 g/mol. The quantitative estimate of drug-likeness (QED) is 0.416. The molecule has 3 heterocycles. The number of rotatable bonds is 5. The Labute approximate surface area is 207 Å². The van der Waals surface area contributed by atoms with Gasteiger partial charge in [-0.15, -0.1) is 6.42 Å². The summed E-state index contributed by atoms with van der Waals surface area (Å²) in [7, 11) is 1.83. The Bertz CT molecular complexity index is 1410. The molecule has 2 atom stereocenters. The summed E-state index contributed by atoms with van der Waals surface area (Å²) in [5, 5.41) is 10.9. The SMILES string of the molecule is C#CCN(C)CCN1C(=O)N2[C@H](c3cccc(O)c3)c3[nH]c4cc(F)c(Cl)cc4c3C[C@@]2(C)C1=O. The molecular weight excluding hydrogens is 471 g/mol. The van der Waals surface area contributed by atoms with Crippen molar-refractivity contribution in [3.05, 3.63) is 64.1 Å². The number of halogens is 2. The van der Waals surface area contributed by atoms with Crippen molar-refractivity contribution < 1.29 is 19.1 Å². The van der Waals surface area contributed by atoms with Crippen molar-refractivity contribution in [2.45, 2.75) is 24.9 Å². The Morgan fingerprint density at radius 2 is 2.11 bits per heavy atom. The highest BCUT2D eigenvalue weighted by molar-refractivity contribution is 6.31. The van der Waals surface area contributed by atoms with Crippen LogP contribution < -0.4 is 0 Å². The second-order valence-corrected chi connectivity index (χ2v) is 9.74. The van der Waals surface area contributed by atoms with E-state index in [0.717, 1.165) is 5.56 Å². The van der Waals surface area contributed by atoms with Gasteiger partial charge in [0.1, 0.15) is 23.1 Å². The molecule has 5 rings (SSSR count). The van der Waals surface area contributed by atoms with Crippen LogP contribution >= 0.6 is 11.6 Å². The number of phenols is 1. The van der Waals surface area contributed by atoms with Gasteiger partial charge in [-0.25, -0.2) is 9.18 Å². The molecule has 2 aromatic carbocycles. The molecule has 35 heavy (non-hydrogen) atoms. The number of nitrogens with one attached hydrogen (secondary N) is 1. The number of aromatic nitrogens is 1. The van der Waals surface area contributed by atoms with E-state index in [1.807, 2.05) is 11.9 Å². The van der Waals surface area contributed by atoms with Crippen LogP contribution in [0.4, 0.5) is 9.18 Å². The Morgan fingerprint density at radius 1 is 1.34 bits per heavy atom. The van der Waals surface area contributed by atoms with Crippen LogP contribution in [0, 0.1) is 18.2 Å². The lowest BCUT2D eigenvalue weighted by molar-refractivity contribution is -0.133. The Hall–Kier alpha value is -3.54. The number of aromatic hydroxyl groups is 1. The first-order valence-corrected chi connectivity index (χ1v) is 11.6. The highest BCUT2D eigenvalue weighted by atomic mass is 35.5. The molecule has 2 N–H and O–H groups in total. The topological polar surface area (TPSA) is 79.9 Å². The largest absolute Gasteiger partial charge is 0.508 e. The van der Waals surface area contributed by atoms with Crippen molar-refractivity contribution >= 4 is 34.4 Å². The predicted molar refractivity (Wildman–Crippen MR) is 131 cm³/mol. The monoisotopic (exact) mass is 494 g/mol.